The third-order valence-corrected chi connectivity index (χ3v) is 6.22. The Morgan fingerprint density at radius 2 is 1.77 bits per heavy atom. The zero-order valence-corrected chi connectivity index (χ0v) is 17.0. The molecule has 0 radical (unpaired) electrons. The number of nitrogens with zero attached hydrogens (tertiary/aromatic N) is 3. The summed E-state index contributed by atoms with van der Waals surface area (Å²) in [5, 5.41) is 1.76. The summed E-state index contributed by atoms with van der Waals surface area (Å²) in [4.78, 5) is 37.6. The molecule has 0 spiro atoms. The van der Waals surface area contributed by atoms with Gasteiger partial charge in [0.1, 0.15) is 5.82 Å². The lowest BCUT2D eigenvalue weighted by Gasteiger charge is -2.16. The lowest BCUT2D eigenvalue weighted by molar-refractivity contribution is 0.0937. The molecule has 30 heavy (non-hydrogen) atoms. The van der Waals surface area contributed by atoms with Crippen LogP contribution in [-0.4, -0.2) is 32.2 Å². The molecule has 1 aliphatic rings. The molecule has 1 atom stereocenters. The second-order valence-electron chi connectivity index (χ2n) is 7.28. The van der Waals surface area contributed by atoms with E-state index in [-0.39, 0.29) is 17.2 Å². The third kappa shape index (κ3) is 3.64. The molecule has 0 unspecified atom stereocenters. The number of nitrogens with one attached hydrogen (secondary N) is 1. The van der Waals surface area contributed by atoms with Gasteiger partial charge in [-0.15, -0.1) is 0 Å². The minimum atomic E-state index is -0.167. The zero-order valence-electron chi connectivity index (χ0n) is 16.2. The summed E-state index contributed by atoms with van der Waals surface area (Å²) in [5.41, 5.74) is 1.08. The molecule has 1 saturated heterocycles. The maximum absolute atomic E-state index is 13.2. The van der Waals surface area contributed by atoms with E-state index in [0.29, 0.717) is 45.1 Å². The molecule has 4 aromatic rings. The number of para-hydroxylation sites is 2. The highest BCUT2D eigenvalue weighted by Crippen LogP contribution is 2.23. The Hall–Kier alpha value is -2.97. The van der Waals surface area contributed by atoms with Crippen LogP contribution >= 0.6 is 11.8 Å². The zero-order chi connectivity index (χ0) is 20.5. The Kier molecular flexibility index (Phi) is 5.10. The minimum absolute atomic E-state index is 0.0172. The van der Waals surface area contributed by atoms with Gasteiger partial charge in [-0.1, -0.05) is 36.0 Å². The lowest BCUT2D eigenvalue weighted by Crippen LogP contribution is -2.28. The summed E-state index contributed by atoms with van der Waals surface area (Å²) in [6, 6.07) is 14.6. The van der Waals surface area contributed by atoms with Gasteiger partial charge in [0.05, 0.1) is 40.2 Å². The first-order chi connectivity index (χ1) is 14.7. The molecular weight excluding hydrogens is 400 g/mol. The van der Waals surface area contributed by atoms with Gasteiger partial charge < -0.3 is 9.72 Å². The summed E-state index contributed by atoms with van der Waals surface area (Å²) in [7, 11) is 0. The van der Waals surface area contributed by atoms with Crippen LogP contribution in [0.4, 0.5) is 0 Å². The van der Waals surface area contributed by atoms with Crippen LogP contribution in [0.5, 0.6) is 0 Å². The number of fused-ring (bicyclic) bond motifs is 2. The number of H-pyrrole nitrogens is 1. The van der Waals surface area contributed by atoms with Crippen molar-refractivity contribution in [2.75, 3.05) is 6.61 Å². The average Bonchev–Trinajstić information content (AvgIpc) is 3.28. The van der Waals surface area contributed by atoms with Crippen LogP contribution in [0.3, 0.4) is 0 Å². The molecule has 3 heterocycles. The average molecular weight is 420 g/mol. The van der Waals surface area contributed by atoms with Crippen LogP contribution < -0.4 is 11.1 Å². The molecule has 8 heteroatoms. The topological polar surface area (TPSA) is 89.9 Å². The fourth-order valence-electron chi connectivity index (χ4n) is 3.75. The highest BCUT2D eigenvalue weighted by molar-refractivity contribution is 7.98. The van der Waals surface area contributed by atoms with Crippen molar-refractivity contribution in [3.05, 3.63) is 75.1 Å². The number of benzene rings is 2. The van der Waals surface area contributed by atoms with Crippen molar-refractivity contribution in [1.82, 2.24) is 19.5 Å². The number of rotatable bonds is 5. The summed E-state index contributed by atoms with van der Waals surface area (Å²) < 4.78 is 7.45. The van der Waals surface area contributed by atoms with E-state index >= 15 is 0 Å². The smallest absolute Gasteiger partial charge is 0.262 e. The molecular formula is C22H20N4O3S. The first-order valence-electron chi connectivity index (χ1n) is 9.91. The molecule has 1 aliphatic heterocycles. The van der Waals surface area contributed by atoms with Crippen molar-refractivity contribution in [1.29, 1.82) is 0 Å². The van der Waals surface area contributed by atoms with Gasteiger partial charge in [0.2, 0.25) is 0 Å². The van der Waals surface area contributed by atoms with E-state index in [9.17, 15) is 9.59 Å². The number of hydrogen-bond donors (Lipinski definition) is 1. The Labute approximate surface area is 176 Å². The van der Waals surface area contributed by atoms with Crippen molar-refractivity contribution >= 4 is 33.6 Å². The summed E-state index contributed by atoms with van der Waals surface area (Å²) >= 11 is 1.39. The van der Waals surface area contributed by atoms with Crippen molar-refractivity contribution in [3.63, 3.8) is 0 Å². The van der Waals surface area contributed by atoms with E-state index in [1.54, 1.807) is 16.7 Å². The van der Waals surface area contributed by atoms with Crippen molar-refractivity contribution < 1.29 is 4.74 Å². The van der Waals surface area contributed by atoms with Crippen molar-refractivity contribution in [2.24, 2.45) is 0 Å². The fraction of sp³-hybridized carbons (Fsp3) is 0.273. The van der Waals surface area contributed by atoms with Gasteiger partial charge in [-0.2, -0.15) is 0 Å². The fourth-order valence-corrected chi connectivity index (χ4v) is 4.63. The highest BCUT2D eigenvalue weighted by Gasteiger charge is 2.20. The second-order valence-corrected chi connectivity index (χ2v) is 8.22. The van der Waals surface area contributed by atoms with Gasteiger partial charge in [-0.05, 0) is 37.1 Å². The van der Waals surface area contributed by atoms with Crippen LogP contribution in [0, 0.1) is 0 Å². The Morgan fingerprint density at radius 1 is 1.03 bits per heavy atom. The molecule has 0 amide bonds. The Morgan fingerprint density at radius 3 is 2.53 bits per heavy atom. The van der Waals surface area contributed by atoms with Crippen LogP contribution in [0.1, 0.15) is 18.7 Å². The van der Waals surface area contributed by atoms with Crippen LogP contribution in [0.2, 0.25) is 0 Å². The summed E-state index contributed by atoms with van der Waals surface area (Å²) in [6.45, 7) is 1.20. The van der Waals surface area contributed by atoms with E-state index < -0.39 is 0 Å². The molecule has 2 aromatic carbocycles. The van der Waals surface area contributed by atoms with Crippen molar-refractivity contribution in [3.8, 4) is 0 Å². The van der Waals surface area contributed by atoms with Crippen LogP contribution in [-0.2, 0) is 17.0 Å². The van der Waals surface area contributed by atoms with E-state index in [4.69, 9.17) is 9.72 Å². The lowest BCUT2D eigenvalue weighted by atomic mass is 10.2. The maximum Gasteiger partial charge on any atom is 0.262 e. The van der Waals surface area contributed by atoms with Crippen LogP contribution in [0.25, 0.3) is 21.8 Å². The van der Waals surface area contributed by atoms with Gasteiger partial charge in [0.25, 0.3) is 11.1 Å². The van der Waals surface area contributed by atoms with E-state index in [1.165, 1.54) is 11.8 Å². The number of aromatic nitrogens is 4. The Balaban J connectivity index is 1.51. The molecule has 0 aliphatic carbocycles. The molecule has 0 bridgehead atoms. The first kappa shape index (κ1) is 19.0. The monoisotopic (exact) mass is 420 g/mol. The van der Waals surface area contributed by atoms with Gasteiger partial charge in [-0.3, -0.25) is 14.2 Å². The first-order valence-corrected chi connectivity index (χ1v) is 10.9. The van der Waals surface area contributed by atoms with Gasteiger partial charge in [-0.25, -0.2) is 9.97 Å². The Bertz CT molecular complexity index is 1340. The molecule has 2 aromatic heterocycles. The standard InChI is InChI=1S/C22H20N4O3S/c27-20-15-7-1-3-9-17(15)23-19(25-20)13-30-22-24-18-10-4-2-8-16(18)21(28)26(22)12-14-6-5-11-29-14/h1-4,7-10,14H,5-6,11-13H2,(H,23,25,27)/t14-/m1/s1. The number of thioether (sulfide) groups is 1. The molecule has 5 rings (SSSR count). The summed E-state index contributed by atoms with van der Waals surface area (Å²) in [6.07, 6.45) is 1.96. The summed E-state index contributed by atoms with van der Waals surface area (Å²) in [5.74, 6) is 0.950. The van der Waals surface area contributed by atoms with E-state index in [0.717, 1.165) is 19.4 Å². The molecule has 1 fully saturated rings. The van der Waals surface area contributed by atoms with Gasteiger partial charge >= 0.3 is 0 Å². The molecule has 152 valence electrons. The number of ether oxygens (including phenoxy) is 1. The third-order valence-electron chi connectivity index (χ3n) is 5.24. The SMILES string of the molecule is O=c1[nH]c(CSc2nc3ccccc3c(=O)n2C[C@H]2CCCO2)nc2ccccc12. The molecule has 7 nitrogen and oxygen atoms in total. The van der Waals surface area contributed by atoms with Crippen molar-refractivity contribution in [2.45, 2.75) is 36.4 Å². The second kappa shape index (κ2) is 8.04. The largest absolute Gasteiger partial charge is 0.376 e. The highest BCUT2D eigenvalue weighted by atomic mass is 32.2. The molecule has 0 saturated carbocycles. The minimum Gasteiger partial charge on any atom is -0.376 e. The van der Waals surface area contributed by atoms with E-state index in [1.807, 2.05) is 36.4 Å². The van der Waals surface area contributed by atoms with Crippen LogP contribution in [0.15, 0.2) is 63.3 Å². The predicted molar refractivity (Wildman–Crippen MR) is 117 cm³/mol. The quantitative estimate of drug-likeness (QED) is 0.394. The molecule has 1 N–H and O–H groups in total. The number of aromatic amines is 1. The normalized spacial score (nSPS) is 16.5. The van der Waals surface area contributed by atoms with Gasteiger partial charge in [0, 0.05) is 6.61 Å². The maximum atomic E-state index is 13.2. The van der Waals surface area contributed by atoms with Gasteiger partial charge in [0.15, 0.2) is 5.16 Å². The predicted octanol–water partition coefficient (Wildman–Crippen LogP) is 3.10. The van der Waals surface area contributed by atoms with E-state index in [2.05, 4.69) is 9.97 Å². The number of hydrogen-bond acceptors (Lipinski definition) is 6.